The van der Waals surface area contributed by atoms with Crippen molar-refractivity contribution < 1.29 is 27.5 Å². The summed E-state index contributed by atoms with van der Waals surface area (Å²) >= 11 is 0. The van der Waals surface area contributed by atoms with E-state index in [-0.39, 0.29) is 17.7 Å². The van der Waals surface area contributed by atoms with Crippen LogP contribution in [0.15, 0.2) is 23.1 Å². The second-order valence-electron chi connectivity index (χ2n) is 3.47. The highest BCUT2D eigenvalue weighted by molar-refractivity contribution is 7.89. The number of hydrogen-bond donors (Lipinski definition) is 1. The van der Waals surface area contributed by atoms with E-state index in [0.29, 0.717) is 0 Å². The van der Waals surface area contributed by atoms with Crippen LogP contribution >= 0.6 is 0 Å². The van der Waals surface area contributed by atoms with Gasteiger partial charge in [-0.15, -0.1) is 0 Å². The number of sulfonamides is 1. The SMILES string of the molecule is CCOC(=O)c1ccc(C(=O)OC)c(S(N)(=O)=O)c1. The number of ether oxygens (including phenoxy) is 2. The van der Waals surface area contributed by atoms with Crippen LogP contribution in [-0.4, -0.2) is 34.1 Å². The minimum atomic E-state index is -4.17. The monoisotopic (exact) mass is 287 g/mol. The van der Waals surface area contributed by atoms with Crippen molar-refractivity contribution in [1.82, 2.24) is 0 Å². The maximum atomic E-state index is 11.5. The van der Waals surface area contributed by atoms with Crippen molar-refractivity contribution >= 4 is 22.0 Å². The van der Waals surface area contributed by atoms with Crippen molar-refractivity contribution in [1.29, 1.82) is 0 Å². The molecule has 0 aliphatic heterocycles. The van der Waals surface area contributed by atoms with Gasteiger partial charge in [0.25, 0.3) is 0 Å². The zero-order valence-electron chi connectivity index (χ0n) is 10.4. The molecule has 0 fully saturated rings. The van der Waals surface area contributed by atoms with Gasteiger partial charge >= 0.3 is 11.9 Å². The predicted molar refractivity (Wildman–Crippen MR) is 65.1 cm³/mol. The number of rotatable bonds is 4. The van der Waals surface area contributed by atoms with Crippen LogP contribution in [0.2, 0.25) is 0 Å². The van der Waals surface area contributed by atoms with E-state index in [1.54, 1.807) is 6.92 Å². The molecular weight excluding hydrogens is 274 g/mol. The third kappa shape index (κ3) is 3.52. The molecule has 0 atom stereocenters. The maximum Gasteiger partial charge on any atom is 0.339 e. The molecule has 0 saturated carbocycles. The highest BCUT2D eigenvalue weighted by atomic mass is 32.2. The molecule has 19 heavy (non-hydrogen) atoms. The Balaban J connectivity index is 3.40. The summed E-state index contributed by atoms with van der Waals surface area (Å²) in [7, 11) is -3.06. The summed E-state index contributed by atoms with van der Waals surface area (Å²) in [6, 6.07) is 3.40. The van der Waals surface area contributed by atoms with Gasteiger partial charge < -0.3 is 9.47 Å². The number of carbonyl (C=O) groups excluding carboxylic acids is 2. The van der Waals surface area contributed by atoms with Crippen LogP contribution in [0.3, 0.4) is 0 Å². The van der Waals surface area contributed by atoms with Crippen LogP contribution in [0, 0.1) is 0 Å². The Bertz CT molecular complexity index is 608. The van der Waals surface area contributed by atoms with Gasteiger partial charge in [0, 0.05) is 0 Å². The molecule has 0 saturated heterocycles. The molecule has 0 aromatic heterocycles. The fraction of sp³-hybridized carbons (Fsp3) is 0.273. The molecule has 0 amide bonds. The fourth-order valence-electron chi connectivity index (χ4n) is 1.38. The molecule has 0 aliphatic carbocycles. The number of methoxy groups -OCH3 is 1. The standard InChI is InChI=1S/C11H13NO6S/c1-3-18-10(13)7-4-5-8(11(14)17-2)9(6-7)19(12,15)16/h4-6H,3H2,1-2H3,(H2,12,15,16). The fourth-order valence-corrected chi connectivity index (χ4v) is 2.13. The largest absolute Gasteiger partial charge is 0.465 e. The number of carbonyl (C=O) groups is 2. The number of nitrogens with two attached hydrogens (primary N) is 1. The Labute approximate surface area is 110 Å². The highest BCUT2D eigenvalue weighted by Crippen LogP contribution is 2.18. The van der Waals surface area contributed by atoms with E-state index in [2.05, 4.69) is 4.74 Å². The molecule has 0 bridgehead atoms. The first-order valence-corrected chi connectivity index (χ1v) is 6.78. The van der Waals surface area contributed by atoms with Crippen LogP contribution < -0.4 is 5.14 Å². The second-order valence-corrected chi connectivity index (χ2v) is 5.00. The van der Waals surface area contributed by atoms with E-state index < -0.39 is 26.9 Å². The number of esters is 2. The van der Waals surface area contributed by atoms with Gasteiger partial charge in [0.1, 0.15) is 0 Å². The molecule has 104 valence electrons. The molecule has 0 unspecified atom stereocenters. The molecule has 0 aliphatic rings. The van der Waals surface area contributed by atoms with Crippen LogP contribution in [0.5, 0.6) is 0 Å². The Hall–Kier alpha value is -1.93. The lowest BCUT2D eigenvalue weighted by molar-refractivity contribution is 0.0523. The summed E-state index contributed by atoms with van der Waals surface area (Å²) in [6.45, 7) is 1.75. The molecule has 1 aromatic carbocycles. The summed E-state index contributed by atoms with van der Waals surface area (Å²) in [6.07, 6.45) is 0. The lowest BCUT2D eigenvalue weighted by Crippen LogP contribution is -2.18. The Kier molecular flexibility index (Phi) is 4.62. The third-order valence-corrected chi connectivity index (χ3v) is 3.16. The van der Waals surface area contributed by atoms with Gasteiger partial charge in [-0.3, -0.25) is 0 Å². The van der Waals surface area contributed by atoms with Crippen molar-refractivity contribution in [2.24, 2.45) is 5.14 Å². The Morgan fingerprint density at radius 3 is 2.37 bits per heavy atom. The molecular formula is C11H13NO6S. The van der Waals surface area contributed by atoms with Gasteiger partial charge in [-0.2, -0.15) is 0 Å². The minimum Gasteiger partial charge on any atom is -0.465 e. The van der Waals surface area contributed by atoms with Gasteiger partial charge in [0.15, 0.2) is 0 Å². The zero-order chi connectivity index (χ0) is 14.6. The van der Waals surface area contributed by atoms with E-state index in [1.807, 2.05) is 0 Å². The number of benzene rings is 1. The van der Waals surface area contributed by atoms with Gasteiger partial charge in [0.05, 0.1) is 29.7 Å². The molecule has 1 rings (SSSR count). The average molecular weight is 287 g/mol. The van der Waals surface area contributed by atoms with Crippen molar-refractivity contribution in [3.8, 4) is 0 Å². The summed E-state index contributed by atoms with van der Waals surface area (Å²) < 4.78 is 32.0. The minimum absolute atomic E-state index is 0.0153. The third-order valence-electron chi connectivity index (χ3n) is 2.20. The number of primary sulfonamides is 1. The summed E-state index contributed by atoms with van der Waals surface area (Å²) in [4.78, 5) is 22.4. The Morgan fingerprint density at radius 2 is 1.89 bits per heavy atom. The normalized spacial score (nSPS) is 10.9. The molecule has 0 radical (unpaired) electrons. The van der Waals surface area contributed by atoms with Gasteiger partial charge in [0.2, 0.25) is 10.0 Å². The summed E-state index contributed by atoms with van der Waals surface area (Å²) in [5.74, 6) is -1.57. The van der Waals surface area contributed by atoms with E-state index in [1.165, 1.54) is 6.07 Å². The van der Waals surface area contributed by atoms with Gasteiger partial charge in [-0.25, -0.2) is 23.1 Å². The summed E-state index contributed by atoms with van der Waals surface area (Å²) in [5, 5.41) is 5.01. The molecule has 8 heteroatoms. The summed E-state index contributed by atoms with van der Waals surface area (Å²) in [5.41, 5.74) is -0.253. The van der Waals surface area contributed by atoms with E-state index in [0.717, 1.165) is 19.2 Å². The quantitative estimate of drug-likeness (QED) is 0.797. The maximum absolute atomic E-state index is 11.5. The van der Waals surface area contributed by atoms with Crippen molar-refractivity contribution in [2.75, 3.05) is 13.7 Å². The van der Waals surface area contributed by atoms with Crippen molar-refractivity contribution in [2.45, 2.75) is 11.8 Å². The molecule has 7 nitrogen and oxygen atoms in total. The zero-order valence-corrected chi connectivity index (χ0v) is 11.2. The topological polar surface area (TPSA) is 113 Å². The van der Waals surface area contributed by atoms with E-state index in [4.69, 9.17) is 9.88 Å². The number of hydrogen-bond acceptors (Lipinski definition) is 6. The highest BCUT2D eigenvalue weighted by Gasteiger charge is 2.22. The van der Waals surface area contributed by atoms with Crippen molar-refractivity contribution in [3.63, 3.8) is 0 Å². The van der Waals surface area contributed by atoms with E-state index >= 15 is 0 Å². The lowest BCUT2D eigenvalue weighted by Gasteiger charge is -2.08. The smallest absolute Gasteiger partial charge is 0.339 e. The average Bonchev–Trinajstić information content (AvgIpc) is 2.36. The predicted octanol–water partition coefficient (Wildman–Crippen LogP) is 0.297. The van der Waals surface area contributed by atoms with E-state index in [9.17, 15) is 18.0 Å². The first kappa shape index (κ1) is 15.1. The van der Waals surface area contributed by atoms with Crippen LogP contribution in [0.4, 0.5) is 0 Å². The molecule has 0 spiro atoms. The van der Waals surface area contributed by atoms with Crippen LogP contribution in [0.25, 0.3) is 0 Å². The lowest BCUT2D eigenvalue weighted by atomic mass is 10.1. The molecule has 2 N–H and O–H groups in total. The van der Waals surface area contributed by atoms with Gasteiger partial charge in [-0.05, 0) is 25.1 Å². The van der Waals surface area contributed by atoms with Crippen LogP contribution in [-0.2, 0) is 19.5 Å². The first-order valence-electron chi connectivity index (χ1n) is 5.23. The first-order chi connectivity index (χ1) is 8.81. The van der Waals surface area contributed by atoms with Gasteiger partial charge in [-0.1, -0.05) is 0 Å². The molecule has 0 heterocycles. The van der Waals surface area contributed by atoms with Crippen LogP contribution in [0.1, 0.15) is 27.6 Å². The van der Waals surface area contributed by atoms with Crippen molar-refractivity contribution in [3.05, 3.63) is 29.3 Å². The Morgan fingerprint density at radius 1 is 1.26 bits per heavy atom. The second kappa shape index (κ2) is 5.81. The molecule has 1 aromatic rings.